The lowest BCUT2D eigenvalue weighted by atomic mass is 10.1. The molecule has 0 aliphatic rings. The molecule has 0 saturated heterocycles. The van der Waals surface area contributed by atoms with Gasteiger partial charge in [0.2, 0.25) is 0 Å². The van der Waals surface area contributed by atoms with Crippen molar-refractivity contribution in [2.75, 3.05) is 26.3 Å². The van der Waals surface area contributed by atoms with Crippen molar-refractivity contribution in [3.63, 3.8) is 0 Å². The van der Waals surface area contributed by atoms with Crippen LogP contribution in [0.1, 0.15) is 38.6 Å². The molecule has 0 radical (unpaired) electrons. The second-order valence-corrected chi connectivity index (χ2v) is 6.79. The summed E-state index contributed by atoms with van der Waals surface area (Å²) in [7, 11) is 0. The lowest BCUT2D eigenvalue weighted by molar-refractivity contribution is 0.128. The van der Waals surface area contributed by atoms with Crippen LogP contribution >= 0.6 is 24.0 Å². The summed E-state index contributed by atoms with van der Waals surface area (Å²) in [5, 5.41) is 6.56. The Morgan fingerprint density at radius 1 is 1.21 bits per heavy atom. The zero-order valence-corrected chi connectivity index (χ0v) is 19.6. The first-order valence-corrected chi connectivity index (χ1v) is 9.65. The van der Waals surface area contributed by atoms with E-state index < -0.39 is 0 Å². The van der Waals surface area contributed by atoms with Gasteiger partial charge in [-0.2, -0.15) is 0 Å². The van der Waals surface area contributed by atoms with Gasteiger partial charge in [-0.05, 0) is 37.8 Å². The highest BCUT2D eigenvalue weighted by atomic mass is 127. The molecule has 0 aliphatic heterocycles. The van der Waals surface area contributed by atoms with Crippen molar-refractivity contribution in [2.45, 2.75) is 40.7 Å². The molecule has 0 spiro atoms. The summed E-state index contributed by atoms with van der Waals surface area (Å²) in [4.78, 5) is 13.4. The van der Waals surface area contributed by atoms with Gasteiger partial charge in [-0.25, -0.2) is 15.0 Å². The molecule has 8 heteroatoms. The number of rotatable bonds is 10. The van der Waals surface area contributed by atoms with Gasteiger partial charge in [0, 0.05) is 38.3 Å². The van der Waals surface area contributed by atoms with E-state index in [1.807, 2.05) is 36.0 Å². The standard InChI is InChI=1S/C20H32N6O.HI/c1-5-21-20(23-10-13-27-12-8-16(2)3)25-15-18-6-7-19(24-14-18)26-11-9-22-17(26)4;/h6-7,9,11,14,16H,5,8,10,12-13,15H2,1-4H3,(H2,21,23,25);1H. The molecule has 0 bridgehead atoms. The fourth-order valence-corrected chi connectivity index (χ4v) is 2.45. The van der Waals surface area contributed by atoms with Crippen LogP contribution in [0.25, 0.3) is 5.82 Å². The van der Waals surface area contributed by atoms with Gasteiger partial charge >= 0.3 is 0 Å². The van der Waals surface area contributed by atoms with E-state index >= 15 is 0 Å². The van der Waals surface area contributed by atoms with Crippen molar-refractivity contribution in [3.05, 3.63) is 42.1 Å². The zero-order valence-electron chi connectivity index (χ0n) is 17.3. The number of aromatic nitrogens is 3. The lowest BCUT2D eigenvalue weighted by Crippen LogP contribution is -2.39. The molecule has 2 rings (SSSR count). The van der Waals surface area contributed by atoms with Gasteiger partial charge < -0.3 is 15.4 Å². The van der Waals surface area contributed by atoms with Gasteiger partial charge in [-0.1, -0.05) is 19.9 Å². The molecule has 7 nitrogen and oxygen atoms in total. The number of hydrogen-bond donors (Lipinski definition) is 2. The highest BCUT2D eigenvalue weighted by molar-refractivity contribution is 14.0. The molecule has 2 N–H and O–H groups in total. The Bertz CT molecular complexity index is 699. The number of ether oxygens (including phenoxy) is 1. The third kappa shape index (κ3) is 8.55. The first kappa shape index (κ1) is 24.4. The molecule has 2 aromatic heterocycles. The maximum Gasteiger partial charge on any atom is 0.191 e. The van der Waals surface area contributed by atoms with Crippen molar-refractivity contribution in [2.24, 2.45) is 10.9 Å². The van der Waals surface area contributed by atoms with Crippen molar-refractivity contribution in [1.82, 2.24) is 25.2 Å². The zero-order chi connectivity index (χ0) is 19.5. The van der Waals surface area contributed by atoms with Crippen LogP contribution in [0.15, 0.2) is 35.7 Å². The molecule has 0 aromatic carbocycles. The Balaban J connectivity index is 0.00000392. The number of aliphatic imine (C=N–C) groups is 1. The van der Waals surface area contributed by atoms with E-state index in [2.05, 4.69) is 46.4 Å². The molecule has 0 saturated carbocycles. The summed E-state index contributed by atoms with van der Waals surface area (Å²) >= 11 is 0. The fourth-order valence-electron chi connectivity index (χ4n) is 2.45. The van der Waals surface area contributed by atoms with E-state index in [0.29, 0.717) is 19.1 Å². The van der Waals surface area contributed by atoms with Gasteiger partial charge in [-0.3, -0.25) is 4.57 Å². The molecular weight excluding hydrogens is 467 g/mol. The summed E-state index contributed by atoms with van der Waals surface area (Å²) in [6.45, 7) is 12.0. The van der Waals surface area contributed by atoms with Gasteiger partial charge in [-0.15, -0.1) is 24.0 Å². The molecule has 0 fully saturated rings. The van der Waals surface area contributed by atoms with Crippen LogP contribution in [0.2, 0.25) is 0 Å². The third-order valence-electron chi connectivity index (χ3n) is 4.02. The highest BCUT2D eigenvalue weighted by Crippen LogP contribution is 2.09. The van der Waals surface area contributed by atoms with Gasteiger partial charge in [0.15, 0.2) is 5.96 Å². The Labute approximate surface area is 185 Å². The quantitative estimate of drug-likeness (QED) is 0.227. The van der Waals surface area contributed by atoms with Crippen LogP contribution in [0, 0.1) is 12.8 Å². The number of imidazole rings is 1. The minimum atomic E-state index is 0. The number of pyridine rings is 1. The number of hydrogen-bond acceptors (Lipinski definition) is 4. The SMILES string of the molecule is CCNC(=NCc1ccc(-n2ccnc2C)nc1)NCCOCCC(C)C.I. The molecule has 28 heavy (non-hydrogen) atoms. The Kier molecular flexibility index (Phi) is 11.7. The van der Waals surface area contributed by atoms with Crippen molar-refractivity contribution < 1.29 is 4.74 Å². The van der Waals surface area contributed by atoms with Crippen molar-refractivity contribution in [1.29, 1.82) is 0 Å². The van der Waals surface area contributed by atoms with E-state index in [1.165, 1.54) is 0 Å². The van der Waals surface area contributed by atoms with Crippen LogP contribution in [0.4, 0.5) is 0 Å². The second kappa shape index (κ2) is 13.5. The first-order valence-electron chi connectivity index (χ1n) is 9.65. The van der Waals surface area contributed by atoms with Crippen LogP contribution < -0.4 is 10.6 Å². The minimum absolute atomic E-state index is 0. The fraction of sp³-hybridized carbons (Fsp3) is 0.550. The smallest absolute Gasteiger partial charge is 0.191 e. The van der Waals surface area contributed by atoms with E-state index in [4.69, 9.17) is 4.74 Å². The molecule has 2 aromatic rings. The highest BCUT2D eigenvalue weighted by Gasteiger charge is 2.03. The summed E-state index contributed by atoms with van der Waals surface area (Å²) in [5.74, 6) is 3.25. The average molecular weight is 500 g/mol. The van der Waals surface area contributed by atoms with Gasteiger partial charge in [0.1, 0.15) is 11.6 Å². The Morgan fingerprint density at radius 3 is 2.64 bits per heavy atom. The monoisotopic (exact) mass is 500 g/mol. The predicted molar refractivity (Wildman–Crippen MR) is 125 cm³/mol. The van der Waals surface area contributed by atoms with Crippen LogP contribution in [-0.4, -0.2) is 46.8 Å². The Hall–Kier alpha value is -1.68. The van der Waals surface area contributed by atoms with Crippen molar-refractivity contribution in [3.8, 4) is 5.82 Å². The van der Waals surface area contributed by atoms with Gasteiger partial charge in [0.05, 0.1) is 13.2 Å². The van der Waals surface area contributed by atoms with Crippen molar-refractivity contribution >= 4 is 29.9 Å². The van der Waals surface area contributed by atoms with Crippen LogP contribution in [0.5, 0.6) is 0 Å². The largest absolute Gasteiger partial charge is 0.380 e. The molecular formula is C20H33IN6O. The molecule has 0 amide bonds. The second-order valence-electron chi connectivity index (χ2n) is 6.79. The molecule has 0 atom stereocenters. The molecule has 2 heterocycles. The topological polar surface area (TPSA) is 76.4 Å². The number of aryl methyl sites for hydroxylation is 1. The summed E-state index contributed by atoms with van der Waals surface area (Å²) in [6, 6.07) is 4.03. The van der Waals surface area contributed by atoms with E-state index in [-0.39, 0.29) is 24.0 Å². The molecule has 0 aliphatic carbocycles. The first-order chi connectivity index (χ1) is 13.1. The predicted octanol–water partition coefficient (Wildman–Crippen LogP) is 3.31. The lowest BCUT2D eigenvalue weighted by Gasteiger charge is -2.12. The minimum Gasteiger partial charge on any atom is -0.380 e. The Morgan fingerprint density at radius 2 is 2.04 bits per heavy atom. The number of nitrogens with zero attached hydrogens (tertiary/aromatic N) is 4. The van der Waals surface area contributed by atoms with E-state index in [1.54, 1.807) is 6.20 Å². The summed E-state index contributed by atoms with van der Waals surface area (Å²) < 4.78 is 7.59. The average Bonchev–Trinajstić information content (AvgIpc) is 3.08. The maximum atomic E-state index is 5.63. The van der Waals surface area contributed by atoms with Gasteiger partial charge in [0.25, 0.3) is 0 Å². The number of halogens is 1. The number of nitrogens with one attached hydrogen (secondary N) is 2. The third-order valence-corrected chi connectivity index (χ3v) is 4.02. The molecule has 0 unspecified atom stereocenters. The van der Waals surface area contributed by atoms with Crippen LogP contribution in [0.3, 0.4) is 0 Å². The maximum absolute atomic E-state index is 5.63. The van der Waals surface area contributed by atoms with E-state index in [9.17, 15) is 0 Å². The van der Waals surface area contributed by atoms with E-state index in [0.717, 1.165) is 49.3 Å². The normalized spacial score (nSPS) is 11.4. The molecule has 156 valence electrons. The van der Waals surface area contributed by atoms with Crippen LogP contribution in [-0.2, 0) is 11.3 Å². The number of guanidine groups is 1. The summed E-state index contributed by atoms with van der Waals surface area (Å²) in [5.41, 5.74) is 1.06. The summed E-state index contributed by atoms with van der Waals surface area (Å²) in [6.07, 6.45) is 6.63.